The van der Waals surface area contributed by atoms with Crippen LogP contribution in [0.4, 0.5) is 10.1 Å². The van der Waals surface area contributed by atoms with E-state index in [2.05, 4.69) is 18.7 Å². The molecule has 0 amide bonds. The lowest BCUT2D eigenvalue weighted by molar-refractivity contribution is 0.584. The van der Waals surface area contributed by atoms with E-state index in [1.165, 1.54) is 0 Å². The molecule has 0 fully saturated rings. The maximum Gasteiger partial charge on any atom is 0.146 e. The van der Waals surface area contributed by atoms with E-state index in [-0.39, 0.29) is 11.9 Å². The topological polar surface area (TPSA) is 29.3 Å². The molecule has 0 aliphatic carbocycles. The van der Waals surface area contributed by atoms with Crippen LogP contribution in [-0.4, -0.2) is 13.1 Å². The van der Waals surface area contributed by atoms with E-state index in [9.17, 15) is 4.39 Å². The molecule has 96 valence electrons. The number of nitrogens with zero attached hydrogens (tertiary/aromatic N) is 1. The van der Waals surface area contributed by atoms with Crippen molar-refractivity contribution in [2.45, 2.75) is 33.7 Å². The highest BCUT2D eigenvalue weighted by molar-refractivity contribution is 5.49. The van der Waals surface area contributed by atoms with Gasteiger partial charge in [0.1, 0.15) is 5.82 Å². The molecule has 1 unspecified atom stereocenters. The van der Waals surface area contributed by atoms with Gasteiger partial charge >= 0.3 is 0 Å². The summed E-state index contributed by atoms with van der Waals surface area (Å²) in [6.07, 6.45) is 0. The number of nitrogens with two attached hydrogens (primary N) is 1. The summed E-state index contributed by atoms with van der Waals surface area (Å²) in [6, 6.07) is 5.16. The smallest absolute Gasteiger partial charge is 0.146 e. The Labute approximate surface area is 104 Å². The summed E-state index contributed by atoms with van der Waals surface area (Å²) in [5, 5.41) is 0. The van der Waals surface area contributed by atoms with E-state index in [0.29, 0.717) is 11.6 Å². The summed E-state index contributed by atoms with van der Waals surface area (Å²) < 4.78 is 14.0. The molecule has 1 rings (SSSR count). The molecule has 1 aromatic carbocycles. The number of anilines is 1. The van der Waals surface area contributed by atoms with Crippen LogP contribution in [0.25, 0.3) is 0 Å². The van der Waals surface area contributed by atoms with Crippen LogP contribution in [0.5, 0.6) is 0 Å². The van der Waals surface area contributed by atoms with Gasteiger partial charge in [-0.15, -0.1) is 0 Å². The van der Waals surface area contributed by atoms with Gasteiger partial charge in [0.15, 0.2) is 0 Å². The lowest BCUT2D eigenvalue weighted by Gasteiger charge is -2.26. The average molecular weight is 238 g/mol. The maximum absolute atomic E-state index is 14.0. The van der Waals surface area contributed by atoms with E-state index in [0.717, 1.165) is 18.7 Å². The van der Waals surface area contributed by atoms with E-state index < -0.39 is 0 Å². The maximum atomic E-state index is 14.0. The third-order valence-electron chi connectivity index (χ3n) is 2.81. The summed E-state index contributed by atoms with van der Waals surface area (Å²) >= 11 is 0. The van der Waals surface area contributed by atoms with Gasteiger partial charge in [0.05, 0.1) is 5.69 Å². The van der Waals surface area contributed by atoms with E-state index >= 15 is 0 Å². The summed E-state index contributed by atoms with van der Waals surface area (Å²) in [5.41, 5.74) is 7.25. The van der Waals surface area contributed by atoms with Crippen LogP contribution in [0.15, 0.2) is 18.2 Å². The molecular weight excluding hydrogens is 215 g/mol. The Morgan fingerprint density at radius 2 is 1.94 bits per heavy atom. The molecule has 0 aromatic heterocycles. The first-order valence-electron chi connectivity index (χ1n) is 6.25. The van der Waals surface area contributed by atoms with Crippen molar-refractivity contribution in [3.63, 3.8) is 0 Å². The summed E-state index contributed by atoms with van der Waals surface area (Å²) in [4.78, 5) is 2.06. The van der Waals surface area contributed by atoms with Crippen molar-refractivity contribution in [2.75, 3.05) is 18.0 Å². The van der Waals surface area contributed by atoms with Gasteiger partial charge in [-0.25, -0.2) is 4.39 Å². The molecule has 0 spiro atoms. The lowest BCUT2D eigenvalue weighted by atomic mass is 10.1. The number of rotatable bonds is 5. The van der Waals surface area contributed by atoms with E-state index in [1.807, 2.05) is 26.0 Å². The largest absolute Gasteiger partial charge is 0.369 e. The van der Waals surface area contributed by atoms with Gasteiger partial charge in [0, 0.05) is 19.1 Å². The predicted molar refractivity (Wildman–Crippen MR) is 71.7 cm³/mol. The fraction of sp³-hybridized carbons (Fsp3) is 0.571. The van der Waals surface area contributed by atoms with Crippen molar-refractivity contribution in [1.82, 2.24) is 0 Å². The molecular formula is C14H23FN2. The molecule has 2 N–H and O–H groups in total. The zero-order chi connectivity index (χ0) is 13.0. The van der Waals surface area contributed by atoms with Gasteiger partial charge in [-0.2, -0.15) is 0 Å². The van der Waals surface area contributed by atoms with Gasteiger partial charge in [-0.1, -0.05) is 19.9 Å². The fourth-order valence-corrected chi connectivity index (χ4v) is 1.90. The quantitative estimate of drug-likeness (QED) is 0.852. The molecule has 1 aromatic rings. The van der Waals surface area contributed by atoms with Crippen LogP contribution in [0.1, 0.15) is 39.3 Å². The number of halogens is 1. The Balaban J connectivity index is 2.96. The number of hydrogen-bond donors (Lipinski definition) is 1. The van der Waals surface area contributed by atoms with Crippen LogP contribution in [-0.2, 0) is 0 Å². The normalized spacial score (nSPS) is 12.9. The first-order valence-corrected chi connectivity index (χ1v) is 6.25. The molecule has 0 saturated heterocycles. The standard InChI is InChI=1S/C14H23FN2/c1-5-17(9-10(2)3)14-7-6-12(11(4)16)8-13(14)15/h6-8,10-11H,5,9,16H2,1-4H3. The zero-order valence-electron chi connectivity index (χ0n) is 11.2. The first kappa shape index (κ1) is 14.0. The van der Waals surface area contributed by atoms with Gasteiger partial charge in [-0.3, -0.25) is 0 Å². The van der Waals surface area contributed by atoms with Crippen molar-refractivity contribution >= 4 is 5.69 Å². The molecule has 0 aliphatic heterocycles. The Hall–Kier alpha value is -1.09. The van der Waals surface area contributed by atoms with Crippen molar-refractivity contribution in [3.05, 3.63) is 29.6 Å². The molecule has 0 heterocycles. The highest BCUT2D eigenvalue weighted by atomic mass is 19.1. The summed E-state index contributed by atoms with van der Waals surface area (Å²) in [7, 11) is 0. The lowest BCUT2D eigenvalue weighted by Crippen LogP contribution is -2.28. The molecule has 0 bridgehead atoms. The molecule has 3 heteroatoms. The van der Waals surface area contributed by atoms with Crippen LogP contribution in [0.2, 0.25) is 0 Å². The Bertz CT molecular complexity index is 361. The van der Waals surface area contributed by atoms with Gasteiger partial charge in [-0.05, 0) is 37.5 Å². The second kappa shape index (κ2) is 6.01. The van der Waals surface area contributed by atoms with Crippen LogP contribution >= 0.6 is 0 Å². The van der Waals surface area contributed by atoms with Gasteiger partial charge in [0.2, 0.25) is 0 Å². The Kier molecular flexibility index (Phi) is 4.94. The van der Waals surface area contributed by atoms with Crippen molar-refractivity contribution in [2.24, 2.45) is 11.7 Å². The van der Waals surface area contributed by atoms with Gasteiger partial charge < -0.3 is 10.6 Å². The Morgan fingerprint density at radius 3 is 2.35 bits per heavy atom. The van der Waals surface area contributed by atoms with E-state index in [1.54, 1.807) is 6.07 Å². The molecule has 2 nitrogen and oxygen atoms in total. The van der Waals surface area contributed by atoms with Crippen molar-refractivity contribution < 1.29 is 4.39 Å². The minimum Gasteiger partial charge on any atom is -0.369 e. The Morgan fingerprint density at radius 1 is 1.29 bits per heavy atom. The van der Waals surface area contributed by atoms with Crippen LogP contribution in [0.3, 0.4) is 0 Å². The molecule has 0 radical (unpaired) electrons. The van der Waals surface area contributed by atoms with Crippen LogP contribution in [0, 0.1) is 11.7 Å². The highest BCUT2D eigenvalue weighted by Crippen LogP contribution is 2.23. The predicted octanol–water partition coefficient (Wildman–Crippen LogP) is 3.33. The zero-order valence-corrected chi connectivity index (χ0v) is 11.2. The molecule has 0 saturated carbocycles. The van der Waals surface area contributed by atoms with Crippen molar-refractivity contribution in [3.8, 4) is 0 Å². The minimum absolute atomic E-state index is 0.126. The third-order valence-corrected chi connectivity index (χ3v) is 2.81. The molecule has 17 heavy (non-hydrogen) atoms. The van der Waals surface area contributed by atoms with Gasteiger partial charge in [0.25, 0.3) is 0 Å². The monoisotopic (exact) mass is 238 g/mol. The number of benzene rings is 1. The minimum atomic E-state index is -0.178. The SMILES string of the molecule is CCN(CC(C)C)c1ccc(C(C)N)cc1F. The van der Waals surface area contributed by atoms with Crippen molar-refractivity contribution in [1.29, 1.82) is 0 Å². The van der Waals surface area contributed by atoms with Crippen LogP contribution < -0.4 is 10.6 Å². The first-order chi connectivity index (χ1) is 7.95. The summed E-state index contributed by atoms with van der Waals surface area (Å²) in [6.45, 7) is 9.85. The third kappa shape index (κ3) is 3.70. The average Bonchev–Trinajstić information content (AvgIpc) is 2.25. The molecule has 1 atom stereocenters. The van der Waals surface area contributed by atoms with E-state index in [4.69, 9.17) is 5.73 Å². The summed E-state index contributed by atoms with van der Waals surface area (Å²) in [5.74, 6) is 0.338. The second-order valence-corrected chi connectivity index (χ2v) is 4.93. The molecule has 0 aliphatic rings. The highest BCUT2D eigenvalue weighted by Gasteiger charge is 2.12. The number of hydrogen-bond acceptors (Lipinski definition) is 2. The second-order valence-electron chi connectivity index (χ2n) is 4.93. The fourth-order valence-electron chi connectivity index (χ4n) is 1.90.